The van der Waals surface area contributed by atoms with Crippen molar-refractivity contribution in [2.75, 3.05) is 13.6 Å². The lowest BCUT2D eigenvalue weighted by molar-refractivity contribution is -0.135. The Morgan fingerprint density at radius 1 is 2.33 bits per heavy atom. The van der Waals surface area contributed by atoms with E-state index in [4.69, 9.17) is 1.43 Å². The van der Waals surface area contributed by atoms with Crippen LogP contribution in [0.3, 0.4) is 0 Å². The largest absolute Gasteiger partial charge is 0.480 e. The second-order valence-corrected chi connectivity index (χ2v) is 0.902. The lowest BCUT2D eigenvalue weighted by Gasteiger charge is -1.84. The summed E-state index contributed by atoms with van der Waals surface area (Å²) in [6.07, 6.45) is 0. The third kappa shape index (κ3) is 3.43. The fourth-order valence-electron chi connectivity index (χ4n) is 0.144. The Kier molecular flexibility index (Phi) is 1.60. The smallest absolute Gasteiger partial charge is 0.317 e. The van der Waals surface area contributed by atoms with Crippen LogP contribution in [-0.4, -0.2) is 24.7 Å². The van der Waals surface area contributed by atoms with Gasteiger partial charge < -0.3 is 10.4 Å². The van der Waals surface area contributed by atoms with Gasteiger partial charge in [0.2, 0.25) is 0 Å². The zero-order valence-electron chi connectivity index (χ0n) is 4.52. The fraction of sp³-hybridized carbons (Fsp3) is 0.667. The van der Waals surface area contributed by atoms with Crippen molar-refractivity contribution in [1.29, 1.82) is 1.43 Å². The van der Waals surface area contributed by atoms with Crippen molar-refractivity contribution >= 4 is 5.97 Å². The second kappa shape index (κ2) is 2.66. The molecule has 0 aliphatic carbocycles. The molecule has 0 aliphatic heterocycles. The van der Waals surface area contributed by atoms with Crippen molar-refractivity contribution in [3.05, 3.63) is 0 Å². The minimum Gasteiger partial charge on any atom is -0.480 e. The summed E-state index contributed by atoms with van der Waals surface area (Å²) in [7, 11) is 1.61. The van der Waals surface area contributed by atoms with Crippen LogP contribution < -0.4 is 5.32 Å². The highest BCUT2D eigenvalue weighted by Gasteiger charge is 1.86. The molecule has 0 heterocycles. The minimum absolute atomic E-state index is 0.101. The summed E-state index contributed by atoms with van der Waals surface area (Å²) in [5.41, 5.74) is 0. The summed E-state index contributed by atoms with van der Waals surface area (Å²) in [4.78, 5) is 9.94. The zero-order valence-corrected chi connectivity index (χ0v) is 3.52. The topological polar surface area (TPSA) is 49.3 Å². The molecule has 0 saturated carbocycles. The van der Waals surface area contributed by atoms with Gasteiger partial charge in [-0.05, 0) is 7.05 Å². The normalized spacial score (nSPS) is 9.83. The van der Waals surface area contributed by atoms with Crippen LogP contribution in [0, 0.1) is 0 Å². The number of hydrogen-bond donors (Lipinski definition) is 2. The Labute approximate surface area is 37.5 Å². The predicted molar refractivity (Wildman–Crippen MR) is 21.6 cm³/mol. The van der Waals surface area contributed by atoms with Gasteiger partial charge in [-0.1, -0.05) is 0 Å². The molecule has 0 amide bonds. The van der Waals surface area contributed by atoms with Crippen LogP contribution in [0.15, 0.2) is 0 Å². The van der Waals surface area contributed by atoms with Crippen molar-refractivity contribution < 1.29 is 9.90 Å². The van der Waals surface area contributed by atoms with Crippen LogP contribution in [0.25, 0.3) is 1.43 Å². The van der Waals surface area contributed by atoms with E-state index in [1.54, 1.807) is 7.05 Å². The first-order valence-electron chi connectivity index (χ1n) is 2.02. The van der Waals surface area contributed by atoms with E-state index in [1.807, 2.05) is 0 Å². The van der Waals surface area contributed by atoms with E-state index in [1.165, 1.54) is 0 Å². The number of carboxylic acids is 1. The maximum absolute atomic E-state index is 9.94. The number of nitrogens with one attached hydrogen (secondary N) is 1. The molecule has 3 heteroatoms. The maximum Gasteiger partial charge on any atom is 0.317 e. The number of rotatable bonds is 2. The first-order valence-corrected chi connectivity index (χ1v) is 1.62. The Balaban J connectivity index is 3.00. The molecule has 0 radical (unpaired) electrons. The summed E-state index contributed by atoms with van der Waals surface area (Å²) < 4.78 is 6.02. The standard InChI is InChI=1S/C3H7NO2/c1-4-2-3(5)6/h4H,2H2,1H3,(H,5,6)/i/hD. The van der Waals surface area contributed by atoms with Crippen molar-refractivity contribution in [2.24, 2.45) is 0 Å². The number of aliphatic carboxylic acids is 1. The van der Waals surface area contributed by atoms with E-state index in [2.05, 4.69) is 10.4 Å². The Morgan fingerprint density at radius 2 is 3.00 bits per heavy atom. The predicted octanol–water partition coefficient (Wildman–Crippen LogP) is -0.710. The van der Waals surface area contributed by atoms with E-state index in [-0.39, 0.29) is 6.54 Å². The van der Waals surface area contributed by atoms with Gasteiger partial charge >= 0.3 is 5.97 Å². The van der Waals surface area contributed by atoms with Crippen molar-refractivity contribution in [3.63, 3.8) is 0 Å². The molecule has 0 aromatic carbocycles. The van der Waals surface area contributed by atoms with Crippen molar-refractivity contribution in [2.45, 2.75) is 0 Å². The van der Waals surface area contributed by atoms with Crippen LogP contribution >= 0.6 is 0 Å². The SMILES string of the molecule is [2H]OC(=O)CNC. The average molecular weight is 90.1 g/mol. The molecule has 3 nitrogen and oxygen atoms in total. The third-order valence-corrected chi connectivity index (χ3v) is 0.321. The molecule has 0 fully saturated rings. The molecule has 0 atom stereocenters. The van der Waals surface area contributed by atoms with Crippen LogP contribution in [0.4, 0.5) is 0 Å². The molecule has 2 N–H and O–H groups in total. The summed E-state index contributed by atoms with van der Waals surface area (Å²) in [5, 5.41) is 6.06. The molecule has 0 spiro atoms. The number of likely N-dealkylation sites (N-methyl/N-ethyl adjacent to an activating group) is 1. The van der Waals surface area contributed by atoms with Gasteiger partial charge in [0.05, 0.1) is 6.54 Å². The molecule has 0 aliphatic rings. The highest BCUT2D eigenvalue weighted by atomic mass is 16.4. The van der Waals surface area contributed by atoms with Crippen LogP contribution in [-0.2, 0) is 4.79 Å². The summed E-state index contributed by atoms with van der Waals surface area (Å²) in [5.74, 6) is -0.567. The van der Waals surface area contributed by atoms with Crippen LogP contribution in [0.1, 0.15) is 0 Å². The van der Waals surface area contributed by atoms with Gasteiger partial charge in [0, 0.05) is 0 Å². The van der Waals surface area contributed by atoms with Gasteiger partial charge in [-0.15, -0.1) is 0 Å². The molecule has 0 saturated heterocycles. The maximum atomic E-state index is 9.94. The summed E-state index contributed by atoms with van der Waals surface area (Å²) in [6, 6.07) is 0. The van der Waals surface area contributed by atoms with E-state index >= 15 is 0 Å². The highest BCUT2D eigenvalue weighted by molar-refractivity contribution is 5.68. The molecule has 0 rings (SSSR count). The highest BCUT2D eigenvalue weighted by Crippen LogP contribution is 1.50. The third-order valence-electron chi connectivity index (χ3n) is 0.321. The van der Waals surface area contributed by atoms with E-state index in [0.29, 0.717) is 0 Å². The van der Waals surface area contributed by atoms with E-state index in [9.17, 15) is 4.79 Å². The zero-order chi connectivity index (χ0) is 5.70. The van der Waals surface area contributed by atoms with Gasteiger partial charge in [-0.2, -0.15) is 0 Å². The minimum atomic E-state index is -0.567. The Hall–Kier alpha value is -0.570. The van der Waals surface area contributed by atoms with Gasteiger partial charge in [0.25, 0.3) is 1.43 Å². The molecular formula is C3H7NO2. The molecular weight excluding hydrogens is 82.0 g/mol. The van der Waals surface area contributed by atoms with Gasteiger partial charge in [0.1, 0.15) is 0 Å². The molecule has 0 aromatic heterocycles. The average Bonchev–Trinajstić information content (AvgIpc) is 1.68. The fourth-order valence-corrected chi connectivity index (χ4v) is 0.144. The lowest BCUT2D eigenvalue weighted by atomic mass is 10.7. The van der Waals surface area contributed by atoms with E-state index < -0.39 is 5.97 Å². The lowest BCUT2D eigenvalue weighted by Crippen LogP contribution is -2.16. The monoisotopic (exact) mass is 90.1 g/mol. The number of carboxylic acid groups (broad SMARTS) is 1. The molecule has 0 bridgehead atoms. The first kappa shape index (κ1) is 3.61. The van der Waals surface area contributed by atoms with Gasteiger partial charge in [0.15, 0.2) is 0 Å². The number of hydrogen-bond acceptors (Lipinski definition) is 3. The van der Waals surface area contributed by atoms with Gasteiger partial charge in [-0.3, -0.25) is 4.79 Å². The number of carbonyl (C=O) groups is 1. The molecule has 36 valence electrons. The quantitative estimate of drug-likeness (QED) is 0.471. The van der Waals surface area contributed by atoms with Crippen LogP contribution in [0.5, 0.6) is 0 Å². The van der Waals surface area contributed by atoms with Crippen molar-refractivity contribution in [1.82, 2.24) is 5.32 Å². The Morgan fingerprint density at radius 3 is 3.17 bits per heavy atom. The van der Waals surface area contributed by atoms with Crippen molar-refractivity contribution in [3.8, 4) is 0 Å². The second-order valence-electron chi connectivity index (χ2n) is 0.902. The summed E-state index contributed by atoms with van der Waals surface area (Å²) >= 11 is 0. The Bertz CT molecular complexity index is 66.0. The van der Waals surface area contributed by atoms with Gasteiger partial charge in [-0.25, -0.2) is 0 Å². The van der Waals surface area contributed by atoms with Crippen LogP contribution in [0.2, 0.25) is 0 Å². The first-order chi connectivity index (χ1) is 3.31. The molecule has 0 aromatic rings. The molecule has 0 unspecified atom stereocenters. The van der Waals surface area contributed by atoms with E-state index in [0.717, 1.165) is 0 Å². The molecule has 6 heavy (non-hydrogen) atoms. The summed E-state index contributed by atoms with van der Waals surface area (Å²) in [6.45, 7) is 0.101.